The minimum absolute atomic E-state index is 0.00253. The summed E-state index contributed by atoms with van der Waals surface area (Å²) in [5.74, 6) is 1.75. The highest BCUT2D eigenvalue weighted by molar-refractivity contribution is 5.78. The molecule has 0 saturated heterocycles. The maximum Gasteiger partial charge on any atom is 0.224 e. The zero-order valence-electron chi connectivity index (χ0n) is 15.9. The van der Waals surface area contributed by atoms with E-state index in [2.05, 4.69) is 22.5 Å². The molecule has 2 aromatic carbocycles. The monoisotopic (exact) mass is 363 g/mol. The molecule has 0 radical (unpaired) electrons. The predicted molar refractivity (Wildman–Crippen MR) is 108 cm³/mol. The van der Waals surface area contributed by atoms with E-state index in [1.165, 1.54) is 0 Å². The van der Waals surface area contributed by atoms with Crippen LogP contribution in [-0.2, 0) is 24.2 Å². The Bertz CT molecular complexity index is 942. The summed E-state index contributed by atoms with van der Waals surface area (Å²) in [6, 6.07) is 15.6. The van der Waals surface area contributed by atoms with Crippen molar-refractivity contribution >= 4 is 16.9 Å². The Labute approximate surface area is 159 Å². The van der Waals surface area contributed by atoms with E-state index in [0.717, 1.165) is 40.3 Å². The van der Waals surface area contributed by atoms with Crippen LogP contribution < -0.4 is 10.1 Å². The topological polar surface area (TPSA) is 56.2 Å². The van der Waals surface area contributed by atoms with Crippen molar-refractivity contribution in [2.24, 2.45) is 0 Å². The number of amides is 1. The zero-order valence-corrected chi connectivity index (χ0v) is 15.9. The summed E-state index contributed by atoms with van der Waals surface area (Å²) < 4.78 is 7.31. The van der Waals surface area contributed by atoms with Crippen molar-refractivity contribution in [1.82, 2.24) is 14.9 Å². The number of ether oxygens (including phenoxy) is 1. The molecule has 0 aliphatic carbocycles. The maximum atomic E-state index is 12.2. The first-order valence-electron chi connectivity index (χ1n) is 9.05. The second-order valence-corrected chi connectivity index (χ2v) is 6.68. The number of carbonyl (C=O) groups excluding carboxylic acids is 1. The Hall–Kier alpha value is -3.08. The van der Waals surface area contributed by atoms with E-state index in [-0.39, 0.29) is 5.91 Å². The summed E-state index contributed by atoms with van der Waals surface area (Å²) in [5, 5.41) is 2.99. The highest BCUT2D eigenvalue weighted by Crippen LogP contribution is 2.17. The first-order valence-corrected chi connectivity index (χ1v) is 9.05. The molecule has 1 N–H and O–H groups in total. The summed E-state index contributed by atoms with van der Waals surface area (Å²) in [6.07, 6.45) is 1.03. The van der Waals surface area contributed by atoms with Gasteiger partial charge in [0.05, 0.1) is 24.6 Å². The van der Waals surface area contributed by atoms with Crippen LogP contribution >= 0.6 is 0 Å². The number of carbonyl (C=O) groups is 1. The minimum atomic E-state index is 0.00253. The van der Waals surface area contributed by atoms with Crippen molar-refractivity contribution in [3.63, 3.8) is 0 Å². The first-order chi connectivity index (χ1) is 13.1. The lowest BCUT2D eigenvalue weighted by Crippen LogP contribution is -2.28. The SMILES string of the molecule is C=C(C)Cn1c(CCNC(=O)Cc2ccc(OC)cc2)nc2ccccc21. The van der Waals surface area contributed by atoms with E-state index >= 15 is 0 Å². The second-order valence-electron chi connectivity index (χ2n) is 6.68. The van der Waals surface area contributed by atoms with E-state index in [4.69, 9.17) is 9.72 Å². The van der Waals surface area contributed by atoms with Crippen LogP contribution in [0.25, 0.3) is 11.0 Å². The lowest BCUT2D eigenvalue weighted by Gasteiger charge is -2.10. The van der Waals surface area contributed by atoms with E-state index in [1.54, 1.807) is 7.11 Å². The van der Waals surface area contributed by atoms with Crippen molar-refractivity contribution in [2.45, 2.75) is 26.3 Å². The molecule has 27 heavy (non-hydrogen) atoms. The third kappa shape index (κ3) is 4.76. The minimum Gasteiger partial charge on any atom is -0.497 e. The molecule has 0 atom stereocenters. The quantitative estimate of drug-likeness (QED) is 0.623. The molecule has 3 aromatic rings. The fourth-order valence-electron chi connectivity index (χ4n) is 3.07. The van der Waals surface area contributed by atoms with Crippen LogP contribution in [0.4, 0.5) is 0 Å². The van der Waals surface area contributed by atoms with Gasteiger partial charge in [-0.2, -0.15) is 0 Å². The van der Waals surface area contributed by atoms with Gasteiger partial charge >= 0.3 is 0 Å². The highest BCUT2D eigenvalue weighted by atomic mass is 16.5. The molecule has 0 fully saturated rings. The molecule has 0 saturated carbocycles. The third-order valence-corrected chi connectivity index (χ3v) is 4.36. The number of hydrogen-bond acceptors (Lipinski definition) is 3. The fraction of sp³-hybridized carbons (Fsp3) is 0.273. The standard InChI is InChI=1S/C22H25N3O2/c1-16(2)15-25-20-7-5-4-6-19(20)24-21(25)12-13-23-22(26)14-17-8-10-18(27-3)11-9-17/h4-11H,1,12-15H2,2-3H3,(H,23,26). The van der Waals surface area contributed by atoms with Crippen molar-refractivity contribution < 1.29 is 9.53 Å². The average molecular weight is 363 g/mol. The first kappa shape index (κ1) is 18.7. The second kappa shape index (κ2) is 8.54. The van der Waals surface area contributed by atoms with Gasteiger partial charge in [-0.05, 0) is 36.8 Å². The van der Waals surface area contributed by atoms with Crippen molar-refractivity contribution in [2.75, 3.05) is 13.7 Å². The number of methoxy groups -OCH3 is 1. The highest BCUT2D eigenvalue weighted by Gasteiger charge is 2.11. The molecule has 140 valence electrons. The van der Waals surface area contributed by atoms with Gasteiger partial charge in [0, 0.05) is 19.5 Å². The number of fused-ring (bicyclic) bond motifs is 1. The number of imidazole rings is 1. The Morgan fingerprint density at radius 3 is 2.63 bits per heavy atom. The van der Waals surface area contributed by atoms with E-state index in [1.807, 2.05) is 49.4 Å². The van der Waals surface area contributed by atoms with Crippen molar-refractivity contribution in [1.29, 1.82) is 0 Å². The molecular formula is C22H25N3O2. The lowest BCUT2D eigenvalue weighted by molar-refractivity contribution is -0.120. The van der Waals surface area contributed by atoms with Crippen LogP contribution in [0.2, 0.25) is 0 Å². The van der Waals surface area contributed by atoms with Gasteiger partial charge in [-0.3, -0.25) is 4.79 Å². The number of nitrogens with one attached hydrogen (secondary N) is 1. The van der Waals surface area contributed by atoms with Crippen molar-refractivity contribution in [3.05, 3.63) is 72.1 Å². The Kier molecular flexibility index (Phi) is 5.91. The maximum absolute atomic E-state index is 12.2. The number of aromatic nitrogens is 2. The molecule has 0 aliphatic rings. The van der Waals surface area contributed by atoms with Crippen LogP contribution in [0.15, 0.2) is 60.7 Å². The molecule has 0 spiro atoms. The summed E-state index contributed by atoms with van der Waals surface area (Å²) in [5.41, 5.74) is 4.10. The third-order valence-electron chi connectivity index (χ3n) is 4.36. The van der Waals surface area contributed by atoms with E-state index in [0.29, 0.717) is 19.4 Å². The Balaban J connectivity index is 1.61. The fourth-order valence-corrected chi connectivity index (χ4v) is 3.07. The molecule has 5 heteroatoms. The Morgan fingerprint density at radius 1 is 1.19 bits per heavy atom. The molecular weight excluding hydrogens is 338 g/mol. The van der Waals surface area contributed by atoms with Gasteiger partial charge < -0.3 is 14.6 Å². The molecule has 0 aliphatic heterocycles. The number of allylic oxidation sites excluding steroid dienone is 1. The predicted octanol–water partition coefficient (Wildman–Crippen LogP) is 3.52. The number of nitrogens with zero attached hydrogens (tertiary/aromatic N) is 2. The van der Waals surface area contributed by atoms with Gasteiger partial charge in [0.1, 0.15) is 11.6 Å². The molecule has 3 rings (SSSR count). The Morgan fingerprint density at radius 2 is 1.93 bits per heavy atom. The zero-order chi connectivity index (χ0) is 19.2. The van der Waals surface area contributed by atoms with E-state index in [9.17, 15) is 4.79 Å². The van der Waals surface area contributed by atoms with Gasteiger partial charge in [-0.1, -0.05) is 36.4 Å². The summed E-state index contributed by atoms with van der Waals surface area (Å²) >= 11 is 0. The molecule has 1 aromatic heterocycles. The number of para-hydroxylation sites is 2. The number of rotatable bonds is 8. The average Bonchev–Trinajstić information content (AvgIpc) is 2.99. The van der Waals surface area contributed by atoms with Crippen LogP contribution in [-0.4, -0.2) is 29.1 Å². The van der Waals surface area contributed by atoms with Crippen LogP contribution in [0, 0.1) is 0 Å². The van der Waals surface area contributed by atoms with Gasteiger partial charge in [-0.15, -0.1) is 0 Å². The summed E-state index contributed by atoms with van der Waals surface area (Å²) in [4.78, 5) is 16.9. The van der Waals surface area contributed by atoms with Gasteiger partial charge in [0.15, 0.2) is 0 Å². The largest absolute Gasteiger partial charge is 0.497 e. The van der Waals surface area contributed by atoms with Crippen LogP contribution in [0.1, 0.15) is 18.3 Å². The van der Waals surface area contributed by atoms with Gasteiger partial charge in [-0.25, -0.2) is 4.98 Å². The normalized spacial score (nSPS) is 10.7. The molecule has 0 bridgehead atoms. The van der Waals surface area contributed by atoms with Crippen LogP contribution in [0.3, 0.4) is 0 Å². The number of benzene rings is 2. The van der Waals surface area contributed by atoms with Gasteiger partial charge in [0.2, 0.25) is 5.91 Å². The summed E-state index contributed by atoms with van der Waals surface area (Å²) in [6.45, 7) is 7.31. The molecule has 1 amide bonds. The molecule has 1 heterocycles. The summed E-state index contributed by atoms with van der Waals surface area (Å²) in [7, 11) is 1.63. The smallest absolute Gasteiger partial charge is 0.224 e. The molecule has 0 unspecified atom stereocenters. The van der Waals surface area contributed by atoms with E-state index < -0.39 is 0 Å². The van der Waals surface area contributed by atoms with Crippen molar-refractivity contribution in [3.8, 4) is 5.75 Å². The molecule has 5 nitrogen and oxygen atoms in total. The van der Waals surface area contributed by atoms with Gasteiger partial charge in [0.25, 0.3) is 0 Å². The lowest BCUT2D eigenvalue weighted by atomic mass is 10.1. The number of hydrogen-bond donors (Lipinski definition) is 1. The van der Waals surface area contributed by atoms with Crippen LogP contribution in [0.5, 0.6) is 5.75 Å².